The highest BCUT2D eigenvalue weighted by molar-refractivity contribution is 8.06. The SMILES string of the molecule is C[C@@]12Sc3cc(C#N)ccc3C1=C(C#N)C(C#N)=C1c3ccc(C#N)cc3S[C@]12C. The smallest absolute Gasteiger partial charge is 0.101 e. The average molecular weight is 421 g/mol. The van der Waals surface area contributed by atoms with E-state index in [1.165, 1.54) is 0 Å². The van der Waals surface area contributed by atoms with Crippen molar-refractivity contribution in [1.29, 1.82) is 21.0 Å². The average Bonchev–Trinajstić information content (AvgIpc) is 3.23. The molecule has 0 saturated carbocycles. The standard InChI is InChI=1S/C24H12N4S2/c1-23-21(15-5-3-13(9-25)7-19(15)29-23)17(11-27)18(12-28)22-16-6-4-14(10-26)8-20(16)30-24(22,23)2/h3-8H,1-2H3/t23-,24-/m1/s1. The van der Waals surface area contributed by atoms with Gasteiger partial charge in [0.1, 0.15) is 12.1 Å². The van der Waals surface area contributed by atoms with Gasteiger partial charge in [-0.1, -0.05) is 12.1 Å². The molecule has 30 heavy (non-hydrogen) atoms. The Morgan fingerprint density at radius 1 is 0.633 bits per heavy atom. The Labute approximate surface area is 182 Å². The zero-order valence-electron chi connectivity index (χ0n) is 16.1. The maximum atomic E-state index is 10.1. The van der Waals surface area contributed by atoms with E-state index in [1.54, 1.807) is 35.7 Å². The monoisotopic (exact) mass is 420 g/mol. The summed E-state index contributed by atoms with van der Waals surface area (Å²) >= 11 is 3.30. The van der Waals surface area contributed by atoms with Crippen LogP contribution in [0.2, 0.25) is 0 Å². The van der Waals surface area contributed by atoms with Crippen LogP contribution in [0.5, 0.6) is 0 Å². The van der Waals surface area contributed by atoms with E-state index in [2.05, 4.69) is 38.1 Å². The van der Waals surface area contributed by atoms with E-state index in [4.69, 9.17) is 0 Å². The molecule has 2 heterocycles. The summed E-state index contributed by atoms with van der Waals surface area (Å²) in [5.41, 5.74) is 5.50. The minimum absolute atomic E-state index is 0.404. The van der Waals surface area contributed by atoms with Gasteiger partial charge in [0, 0.05) is 9.79 Å². The lowest BCUT2D eigenvalue weighted by Crippen LogP contribution is -2.46. The minimum Gasteiger partial charge on any atom is -0.192 e. The Hall–Kier alpha value is -3.42. The van der Waals surface area contributed by atoms with Gasteiger partial charge in [0.05, 0.1) is 43.9 Å². The van der Waals surface area contributed by atoms with E-state index >= 15 is 0 Å². The molecule has 5 rings (SSSR count). The zero-order chi connectivity index (χ0) is 21.3. The predicted octanol–water partition coefficient (Wildman–Crippen LogP) is 5.43. The molecule has 0 aromatic heterocycles. The highest BCUT2D eigenvalue weighted by Crippen LogP contribution is 2.72. The number of fused-ring (bicyclic) bond motifs is 7. The zero-order valence-corrected chi connectivity index (χ0v) is 17.7. The molecule has 3 aliphatic rings. The third-order valence-electron chi connectivity index (χ3n) is 6.23. The molecule has 0 bridgehead atoms. The molecule has 0 radical (unpaired) electrons. The molecule has 2 aliphatic heterocycles. The van der Waals surface area contributed by atoms with Crippen molar-refractivity contribution in [2.24, 2.45) is 0 Å². The first-order valence-electron chi connectivity index (χ1n) is 9.19. The number of nitrogens with zero attached hydrogens (tertiary/aromatic N) is 4. The van der Waals surface area contributed by atoms with Gasteiger partial charge in [-0.25, -0.2) is 0 Å². The molecule has 2 atom stereocenters. The summed E-state index contributed by atoms with van der Waals surface area (Å²) in [5.74, 6) is 0. The summed E-state index contributed by atoms with van der Waals surface area (Å²) in [4.78, 5) is 1.90. The molecule has 2 aromatic rings. The van der Waals surface area contributed by atoms with Crippen molar-refractivity contribution in [3.63, 3.8) is 0 Å². The van der Waals surface area contributed by atoms with Crippen LogP contribution in [0, 0.1) is 45.3 Å². The first kappa shape index (κ1) is 18.6. The minimum atomic E-state index is -0.513. The van der Waals surface area contributed by atoms with Gasteiger partial charge in [0.25, 0.3) is 0 Å². The number of rotatable bonds is 0. The maximum absolute atomic E-state index is 10.1. The lowest BCUT2D eigenvalue weighted by Gasteiger charge is -2.45. The number of thioether (sulfide) groups is 2. The molecular weight excluding hydrogens is 408 g/mol. The number of hydrogen-bond acceptors (Lipinski definition) is 6. The second-order valence-corrected chi connectivity index (χ2v) is 10.6. The summed E-state index contributed by atoms with van der Waals surface area (Å²) in [6.07, 6.45) is 0. The van der Waals surface area contributed by atoms with E-state index < -0.39 is 9.49 Å². The Bertz CT molecular complexity index is 1310. The molecule has 140 valence electrons. The van der Waals surface area contributed by atoms with Crippen LogP contribution in [0.3, 0.4) is 0 Å². The Morgan fingerprint density at radius 2 is 1.03 bits per heavy atom. The van der Waals surface area contributed by atoms with Crippen molar-refractivity contribution in [1.82, 2.24) is 0 Å². The summed E-state index contributed by atoms with van der Waals surface area (Å²) < 4.78 is -1.03. The van der Waals surface area contributed by atoms with E-state index in [9.17, 15) is 21.0 Å². The summed E-state index contributed by atoms with van der Waals surface area (Å²) in [6.45, 7) is 4.24. The van der Waals surface area contributed by atoms with E-state index in [0.717, 1.165) is 32.1 Å². The maximum Gasteiger partial charge on any atom is 0.101 e. The summed E-state index contributed by atoms with van der Waals surface area (Å²) in [7, 11) is 0. The molecule has 2 aromatic carbocycles. The van der Waals surface area contributed by atoms with Crippen LogP contribution in [0.1, 0.15) is 36.1 Å². The predicted molar refractivity (Wildman–Crippen MR) is 116 cm³/mol. The highest BCUT2D eigenvalue weighted by Gasteiger charge is 2.62. The molecule has 0 N–H and O–H groups in total. The van der Waals surface area contributed by atoms with Crippen LogP contribution in [0.15, 0.2) is 57.3 Å². The van der Waals surface area contributed by atoms with Crippen molar-refractivity contribution < 1.29 is 0 Å². The highest BCUT2D eigenvalue weighted by atomic mass is 32.2. The molecule has 4 nitrogen and oxygen atoms in total. The van der Waals surface area contributed by atoms with Gasteiger partial charge in [-0.05, 0) is 60.4 Å². The van der Waals surface area contributed by atoms with E-state index in [0.29, 0.717) is 22.3 Å². The van der Waals surface area contributed by atoms with E-state index in [-0.39, 0.29) is 0 Å². The van der Waals surface area contributed by atoms with Crippen LogP contribution in [-0.4, -0.2) is 9.49 Å². The topological polar surface area (TPSA) is 95.2 Å². The number of allylic oxidation sites excluding steroid dienone is 2. The van der Waals surface area contributed by atoms with Crippen molar-refractivity contribution in [2.75, 3.05) is 0 Å². The van der Waals surface area contributed by atoms with Gasteiger partial charge in [-0.15, -0.1) is 23.5 Å². The van der Waals surface area contributed by atoms with Crippen LogP contribution >= 0.6 is 23.5 Å². The lowest BCUT2D eigenvalue weighted by molar-refractivity contribution is 0.689. The molecule has 0 fully saturated rings. The van der Waals surface area contributed by atoms with Gasteiger partial charge in [0.2, 0.25) is 0 Å². The van der Waals surface area contributed by atoms with Crippen molar-refractivity contribution in [3.8, 4) is 24.3 Å². The Kier molecular flexibility index (Phi) is 3.75. The first-order valence-corrected chi connectivity index (χ1v) is 10.8. The molecule has 0 spiro atoms. The van der Waals surface area contributed by atoms with Gasteiger partial charge in [-0.3, -0.25) is 0 Å². The van der Waals surface area contributed by atoms with Crippen molar-refractivity contribution in [2.45, 2.75) is 33.1 Å². The van der Waals surface area contributed by atoms with Gasteiger partial charge in [0.15, 0.2) is 0 Å². The molecule has 0 amide bonds. The fourth-order valence-electron chi connectivity index (χ4n) is 4.71. The number of benzene rings is 2. The third-order valence-corrected chi connectivity index (χ3v) is 9.51. The second-order valence-electron chi connectivity index (χ2n) is 7.64. The summed E-state index contributed by atoms with van der Waals surface area (Å²) in [6, 6.07) is 20.0. The van der Waals surface area contributed by atoms with Crippen molar-refractivity contribution in [3.05, 3.63) is 69.8 Å². The molecule has 0 unspecified atom stereocenters. The van der Waals surface area contributed by atoms with Crippen LogP contribution < -0.4 is 0 Å². The van der Waals surface area contributed by atoms with Gasteiger partial charge >= 0.3 is 0 Å². The normalized spacial score (nSPS) is 25.3. The molecule has 0 saturated heterocycles. The lowest BCUT2D eigenvalue weighted by atomic mass is 9.68. The van der Waals surface area contributed by atoms with Crippen LogP contribution in [0.4, 0.5) is 0 Å². The van der Waals surface area contributed by atoms with Crippen LogP contribution in [-0.2, 0) is 0 Å². The largest absolute Gasteiger partial charge is 0.192 e. The van der Waals surface area contributed by atoms with Gasteiger partial charge in [-0.2, -0.15) is 21.0 Å². The Balaban J connectivity index is 1.88. The number of nitriles is 4. The Morgan fingerprint density at radius 3 is 1.37 bits per heavy atom. The van der Waals surface area contributed by atoms with Crippen molar-refractivity contribution >= 4 is 34.7 Å². The third kappa shape index (κ3) is 2.05. The second kappa shape index (κ2) is 6.04. The fraction of sp³-hybridized carbons (Fsp3) is 0.167. The number of hydrogen-bond donors (Lipinski definition) is 0. The molecule has 1 aliphatic carbocycles. The fourth-order valence-corrected chi connectivity index (χ4v) is 8.00. The quantitative estimate of drug-likeness (QED) is 0.564. The van der Waals surface area contributed by atoms with E-state index in [1.807, 2.05) is 24.3 Å². The molecule has 6 heteroatoms. The van der Waals surface area contributed by atoms with Crippen LogP contribution in [0.25, 0.3) is 11.1 Å². The molecular formula is C24H12N4S2. The summed E-state index contributed by atoms with van der Waals surface area (Å²) in [5, 5.41) is 38.9. The van der Waals surface area contributed by atoms with Gasteiger partial charge < -0.3 is 0 Å². The first-order chi connectivity index (χ1) is 14.4.